The maximum Gasteiger partial charge on any atom is 0.323 e. The van der Waals surface area contributed by atoms with Crippen LogP contribution in [0, 0.1) is 6.92 Å². The smallest absolute Gasteiger partial charge is 0.323 e. The van der Waals surface area contributed by atoms with Gasteiger partial charge in [-0.05, 0) is 61.5 Å². The van der Waals surface area contributed by atoms with Crippen LogP contribution >= 0.6 is 0 Å². The molecular weight excluding hydrogens is 396 g/mol. The molecule has 2 aromatic carbocycles. The average molecular weight is 416 g/mol. The summed E-state index contributed by atoms with van der Waals surface area (Å²) < 4.78 is 12.6. The number of anilines is 2. The minimum atomic E-state index is -0.352. The number of hydrogen-bond donors (Lipinski definition) is 2. The Morgan fingerprint density at radius 2 is 1.52 bits per heavy atom. The summed E-state index contributed by atoms with van der Waals surface area (Å²) in [4.78, 5) is 16.3. The minimum Gasteiger partial charge on any atom is -0.497 e. The number of nitrogens with one attached hydrogen (secondary N) is 2. The number of hydrogen-bond acceptors (Lipinski definition) is 6. The minimum absolute atomic E-state index is 0.352. The van der Waals surface area contributed by atoms with Crippen molar-refractivity contribution in [2.45, 2.75) is 6.92 Å². The molecule has 4 rings (SSSR count). The first-order valence-electron chi connectivity index (χ1n) is 9.45. The Kier molecular flexibility index (Phi) is 5.75. The first-order valence-corrected chi connectivity index (χ1v) is 9.45. The summed E-state index contributed by atoms with van der Waals surface area (Å²) in [6.45, 7) is 1.89. The molecular formula is C22H20N6O3. The van der Waals surface area contributed by atoms with Gasteiger partial charge in [-0.15, -0.1) is 10.2 Å². The number of urea groups is 1. The van der Waals surface area contributed by atoms with Crippen molar-refractivity contribution in [2.75, 3.05) is 17.7 Å². The van der Waals surface area contributed by atoms with Gasteiger partial charge >= 0.3 is 6.03 Å². The molecule has 31 heavy (non-hydrogen) atoms. The molecule has 0 spiro atoms. The predicted octanol–water partition coefficient (Wildman–Crippen LogP) is 4.42. The predicted molar refractivity (Wildman–Crippen MR) is 116 cm³/mol. The fraction of sp³-hybridized carbons (Fsp3) is 0.0909. The zero-order valence-electron chi connectivity index (χ0n) is 16.9. The van der Waals surface area contributed by atoms with Gasteiger partial charge in [0.25, 0.3) is 0 Å². The van der Waals surface area contributed by atoms with Crippen molar-refractivity contribution in [1.29, 1.82) is 0 Å². The number of aryl methyl sites for hydroxylation is 1. The summed E-state index contributed by atoms with van der Waals surface area (Å²) in [7, 11) is 1.59. The van der Waals surface area contributed by atoms with E-state index in [2.05, 4.69) is 25.8 Å². The Morgan fingerprint density at radius 3 is 2.03 bits per heavy atom. The molecule has 2 heterocycles. The van der Waals surface area contributed by atoms with Gasteiger partial charge in [0.05, 0.1) is 7.11 Å². The fourth-order valence-corrected chi connectivity index (χ4v) is 2.81. The first kappa shape index (κ1) is 19.9. The maximum atomic E-state index is 12.2. The van der Waals surface area contributed by atoms with Gasteiger partial charge in [0.2, 0.25) is 5.88 Å². The zero-order chi connectivity index (χ0) is 21.6. The largest absolute Gasteiger partial charge is 0.497 e. The van der Waals surface area contributed by atoms with E-state index in [0.29, 0.717) is 28.8 Å². The molecule has 0 saturated carbocycles. The SMILES string of the molecule is COc1ccc(NC(=O)Nc2ccc(Oc3ccc(-n4ccnc4C)nn3)cc2)cc1. The molecule has 2 amide bonds. The van der Waals surface area contributed by atoms with Gasteiger partial charge in [0, 0.05) is 29.8 Å². The summed E-state index contributed by atoms with van der Waals surface area (Å²) in [6, 6.07) is 17.2. The number of carbonyl (C=O) groups excluding carboxylic acids is 1. The van der Waals surface area contributed by atoms with E-state index in [1.807, 2.05) is 17.7 Å². The van der Waals surface area contributed by atoms with Crippen LogP contribution in [0.1, 0.15) is 5.82 Å². The highest BCUT2D eigenvalue weighted by Crippen LogP contribution is 2.22. The molecule has 2 aromatic heterocycles. The molecule has 0 aliphatic rings. The highest BCUT2D eigenvalue weighted by Gasteiger charge is 2.06. The van der Waals surface area contributed by atoms with Crippen molar-refractivity contribution in [3.63, 3.8) is 0 Å². The van der Waals surface area contributed by atoms with E-state index in [1.54, 1.807) is 74.0 Å². The van der Waals surface area contributed by atoms with E-state index < -0.39 is 0 Å². The number of rotatable bonds is 6. The summed E-state index contributed by atoms with van der Waals surface area (Å²) >= 11 is 0. The molecule has 9 heteroatoms. The van der Waals surface area contributed by atoms with Crippen LogP contribution < -0.4 is 20.1 Å². The van der Waals surface area contributed by atoms with E-state index >= 15 is 0 Å². The molecule has 9 nitrogen and oxygen atoms in total. The van der Waals surface area contributed by atoms with Crippen molar-refractivity contribution < 1.29 is 14.3 Å². The highest BCUT2D eigenvalue weighted by atomic mass is 16.5. The maximum absolute atomic E-state index is 12.2. The lowest BCUT2D eigenvalue weighted by Gasteiger charge is -2.09. The molecule has 0 unspecified atom stereocenters. The van der Waals surface area contributed by atoms with Crippen molar-refractivity contribution in [1.82, 2.24) is 19.7 Å². The Labute approximate surface area is 178 Å². The molecule has 4 aromatic rings. The van der Waals surface area contributed by atoms with Crippen molar-refractivity contribution in [2.24, 2.45) is 0 Å². The van der Waals surface area contributed by atoms with Gasteiger partial charge in [-0.1, -0.05) is 0 Å². The fourth-order valence-electron chi connectivity index (χ4n) is 2.81. The third-order valence-corrected chi connectivity index (χ3v) is 4.38. The lowest BCUT2D eigenvalue weighted by Crippen LogP contribution is -2.19. The van der Waals surface area contributed by atoms with Crippen LogP contribution in [0.4, 0.5) is 16.2 Å². The number of carbonyl (C=O) groups is 1. The van der Waals surface area contributed by atoms with Gasteiger partial charge in [-0.3, -0.25) is 4.57 Å². The first-order chi connectivity index (χ1) is 15.1. The monoisotopic (exact) mass is 416 g/mol. The Morgan fingerprint density at radius 1 is 0.871 bits per heavy atom. The van der Waals surface area contributed by atoms with E-state index in [9.17, 15) is 4.79 Å². The van der Waals surface area contributed by atoms with Gasteiger partial charge in [0.1, 0.15) is 17.3 Å². The van der Waals surface area contributed by atoms with Gasteiger partial charge in [0.15, 0.2) is 5.82 Å². The lowest BCUT2D eigenvalue weighted by atomic mass is 10.3. The molecule has 0 aliphatic carbocycles. The molecule has 0 fully saturated rings. The van der Waals surface area contributed by atoms with Crippen LogP contribution in [0.5, 0.6) is 17.4 Å². The van der Waals surface area contributed by atoms with Crippen LogP contribution in [-0.2, 0) is 0 Å². The number of amides is 2. The quantitative estimate of drug-likeness (QED) is 0.482. The molecule has 0 radical (unpaired) electrons. The van der Waals surface area contributed by atoms with Crippen LogP contribution in [0.3, 0.4) is 0 Å². The second kappa shape index (κ2) is 8.95. The number of benzene rings is 2. The third kappa shape index (κ3) is 4.96. The summed E-state index contributed by atoms with van der Waals surface area (Å²) in [6.07, 6.45) is 3.52. The molecule has 156 valence electrons. The highest BCUT2D eigenvalue weighted by molar-refractivity contribution is 5.99. The summed E-state index contributed by atoms with van der Waals surface area (Å²) in [5.41, 5.74) is 1.28. The van der Waals surface area contributed by atoms with Gasteiger partial charge < -0.3 is 20.1 Å². The van der Waals surface area contributed by atoms with Crippen LogP contribution in [0.25, 0.3) is 5.82 Å². The molecule has 0 aliphatic heterocycles. The number of methoxy groups -OCH3 is 1. The standard InChI is InChI=1S/C22H20N6O3/c1-15-23-13-14-28(15)20-11-12-21(27-26-20)31-19-9-5-17(6-10-19)25-22(29)24-16-3-7-18(30-2)8-4-16/h3-14H,1-2H3,(H2,24,25,29). The van der Waals surface area contributed by atoms with Crippen molar-refractivity contribution in [3.8, 4) is 23.2 Å². The second-order valence-corrected chi connectivity index (χ2v) is 6.51. The number of ether oxygens (including phenoxy) is 2. The second-order valence-electron chi connectivity index (χ2n) is 6.51. The number of aromatic nitrogens is 4. The molecule has 0 atom stereocenters. The third-order valence-electron chi connectivity index (χ3n) is 4.38. The zero-order valence-corrected chi connectivity index (χ0v) is 16.9. The van der Waals surface area contributed by atoms with Crippen LogP contribution in [0.15, 0.2) is 73.1 Å². The summed E-state index contributed by atoms with van der Waals surface area (Å²) in [5, 5.41) is 13.8. The van der Waals surface area contributed by atoms with E-state index in [0.717, 1.165) is 11.6 Å². The van der Waals surface area contributed by atoms with Crippen molar-refractivity contribution in [3.05, 3.63) is 78.9 Å². The Hall–Kier alpha value is -4.40. The average Bonchev–Trinajstić information content (AvgIpc) is 3.22. The van der Waals surface area contributed by atoms with Crippen LogP contribution in [-0.4, -0.2) is 32.9 Å². The molecule has 2 N–H and O–H groups in total. The Bertz CT molecular complexity index is 1160. The lowest BCUT2D eigenvalue weighted by molar-refractivity contribution is 0.262. The van der Waals surface area contributed by atoms with E-state index in [4.69, 9.17) is 9.47 Å². The van der Waals surface area contributed by atoms with E-state index in [1.165, 1.54) is 0 Å². The van der Waals surface area contributed by atoms with Gasteiger partial charge in [-0.2, -0.15) is 0 Å². The van der Waals surface area contributed by atoms with E-state index in [-0.39, 0.29) is 6.03 Å². The Balaban J connectivity index is 1.33. The topological polar surface area (TPSA) is 103 Å². The molecule has 0 saturated heterocycles. The normalized spacial score (nSPS) is 10.4. The van der Waals surface area contributed by atoms with Gasteiger partial charge in [-0.25, -0.2) is 9.78 Å². The van der Waals surface area contributed by atoms with Crippen molar-refractivity contribution >= 4 is 17.4 Å². The number of nitrogens with zero attached hydrogens (tertiary/aromatic N) is 4. The summed E-state index contributed by atoms with van der Waals surface area (Å²) in [5.74, 6) is 3.13. The number of imidazole rings is 1. The van der Waals surface area contributed by atoms with Crippen LogP contribution in [0.2, 0.25) is 0 Å². The molecule has 0 bridgehead atoms.